The Kier molecular flexibility index (Phi) is 3.56. The van der Waals surface area contributed by atoms with E-state index < -0.39 is 0 Å². The zero-order valence-electron chi connectivity index (χ0n) is 8.81. The fourth-order valence-electron chi connectivity index (χ4n) is 1.47. The minimum atomic E-state index is 0.0182. The Balaban J connectivity index is 2.14. The van der Waals surface area contributed by atoms with E-state index in [1.54, 1.807) is 22.0 Å². The van der Waals surface area contributed by atoms with Gasteiger partial charge in [0.2, 0.25) is 0 Å². The maximum Gasteiger partial charge on any atom is 0.264 e. The second kappa shape index (κ2) is 4.93. The lowest BCUT2D eigenvalue weighted by atomic mass is 10.3. The normalized spacial score (nSPS) is 10.6. The third-order valence-corrected chi connectivity index (χ3v) is 4.00. The van der Waals surface area contributed by atoms with Crippen molar-refractivity contribution in [2.75, 3.05) is 0 Å². The molecule has 0 fully saturated rings. The maximum atomic E-state index is 11.7. The Bertz CT molecular complexity index is 547. The van der Waals surface area contributed by atoms with Crippen LogP contribution in [-0.4, -0.2) is 9.55 Å². The molecule has 0 saturated carbocycles. The van der Waals surface area contributed by atoms with Gasteiger partial charge in [-0.15, -0.1) is 11.3 Å². The molecule has 2 heterocycles. The number of aromatic nitrogens is 2. The van der Waals surface area contributed by atoms with Crippen molar-refractivity contribution in [1.82, 2.24) is 9.55 Å². The van der Waals surface area contributed by atoms with E-state index in [4.69, 9.17) is 0 Å². The van der Waals surface area contributed by atoms with E-state index in [1.807, 2.05) is 24.7 Å². The molecule has 0 spiro atoms. The van der Waals surface area contributed by atoms with E-state index in [0.717, 1.165) is 12.1 Å². The summed E-state index contributed by atoms with van der Waals surface area (Å²) in [5.74, 6) is 0. The van der Waals surface area contributed by atoms with Crippen LogP contribution in [0.25, 0.3) is 0 Å². The third kappa shape index (κ3) is 2.41. The smallest absolute Gasteiger partial charge is 0.264 e. The van der Waals surface area contributed by atoms with Gasteiger partial charge in [0.1, 0.15) is 0 Å². The molecule has 0 N–H and O–H groups in total. The van der Waals surface area contributed by atoms with E-state index in [0.29, 0.717) is 11.0 Å². The summed E-state index contributed by atoms with van der Waals surface area (Å²) in [6.07, 6.45) is 2.66. The van der Waals surface area contributed by atoms with E-state index in [9.17, 15) is 4.79 Å². The van der Waals surface area contributed by atoms with Crippen LogP contribution in [0.5, 0.6) is 0 Å². The van der Waals surface area contributed by atoms with Crippen molar-refractivity contribution in [3.05, 3.63) is 49.2 Å². The summed E-state index contributed by atoms with van der Waals surface area (Å²) in [6, 6.07) is 3.63. The van der Waals surface area contributed by atoms with Crippen LogP contribution >= 0.6 is 27.3 Å². The van der Waals surface area contributed by atoms with Crippen molar-refractivity contribution in [3.8, 4) is 0 Å². The van der Waals surface area contributed by atoms with E-state index in [-0.39, 0.29) is 5.56 Å². The molecule has 2 aromatic heterocycles. The van der Waals surface area contributed by atoms with Crippen LogP contribution in [0.1, 0.15) is 10.6 Å². The number of rotatable bonds is 3. The zero-order chi connectivity index (χ0) is 11.5. The molecule has 0 aliphatic carbocycles. The molecule has 0 radical (unpaired) electrons. The lowest BCUT2D eigenvalue weighted by Crippen LogP contribution is -2.20. The van der Waals surface area contributed by atoms with Crippen LogP contribution in [0.4, 0.5) is 0 Å². The molecule has 0 aliphatic rings. The van der Waals surface area contributed by atoms with Gasteiger partial charge in [-0.3, -0.25) is 4.79 Å². The van der Waals surface area contributed by atoms with Crippen LogP contribution in [-0.2, 0) is 13.0 Å². The zero-order valence-corrected chi connectivity index (χ0v) is 11.2. The quantitative estimate of drug-likeness (QED) is 0.873. The molecule has 84 valence electrons. The highest BCUT2D eigenvalue weighted by Gasteiger charge is 2.03. The summed E-state index contributed by atoms with van der Waals surface area (Å²) in [5.41, 5.74) is 2.92. The summed E-state index contributed by atoms with van der Waals surface area (Å²) >= 11 is 4.88. The molecular weight excluding hydrogens is 288 g/mol. The van der Waals surface area contributed by atoms with E-state index in [2.05, 4.69) is 20.9 Å². The standard InChI is InChI=1S/C11H11BrN2OS/c1-8-10(16-7-13-8)4-6-14-5-2-3-9(12)11(14)15/h2-3,5,7H,4,6H2,1H3. The molecular formula is C11H11BrN2OS. The number of halogens is 1. The summed E-state index contributed by atoms with van der Waals surface area (Å²) in [7, 11) is 0. The Morgan fingerprint density at radius 2 is 2.38 bits per heavy atom. The molecule has 5 heteroatoms. The van der Waals surface area contributed by atoms with Gasteiger partial charge in [0.05, 0.1) is 15.7 Å². The minimum absolute atomic E-state index is 0.0182. The highest BCUT2D eigenvalue weighted by Crippen LogP contribution is 2.13. The Morgan fingerprint density at radius 3 is 3.06 bits per heavy atom. The van der Waals surface area contributed by atoms with E-state index in [1.165, 1.54) is 4.88 Å². The first-order valence-corrected chi connectivity index (χ1v) is 6.59. The van der Waals surface area contributed by atoms with Gasteiger partial charge in [0.25, 0.3) is 5.56 Å². The molecule has 0 aliphatic heterocycles. The largest absolute Gasteiger partial charge is 0.314 e. The fraction of sp³-hybridized carbons (Fsp3) is 0.273. The third-order valence-electron chi connectivity index (χ3n) is 2.40. The van der Waals surface area contributed by atoms with Crippen LogP contribution in [0, 0.1) is 6.92 Å². The molecule has 0 unspecified atom stereocenters. The average Bonchev–Trinajstić information content (AvgIpc) is 2.67. The topological polar surface area (TPSA) is 34.9 Å². The predicted molar refractivity (Wildman–Crippen MR) is 69.0 cm³/mol. The van der Waals surface area contributed by atoms with Crippen molar-refractivity contribution in [2.24, 2.45) is 0 Å². The number of aryl methyl sites for hydroxylation is 3. The fourth-order valence-corrected chi connectivity index (χ4v) is 2.62. The van der Waals surface area contributed by atoms with Crippen molar-refractivity contribution >= 4 is 27.3 Å². The molecule has 16 heavy (non-hydrogen) atoms. The number of thiazole rings is 1. The average molecular weight is 299 g/mol. The molecule has 3 nitrogen and oxygen atoms in total. The highest BCUT2D eigenvalue weighted by atomic mass is 79.9. The summed E-state index contributed by atoms with van der Waals surface area (Å²) < 4.78 is 2.32. The Morgan fingerprint density at radius 1 is 1.56 bits per heavy atom. The van der Waals surface area contributed by atoms with Crippen LogP contribution in [0.3, 0.4) is 0 Å². The van der Waals surface area contributed by atoms with Crippen molar-refractivity contribution in [3.63, 3.8) is 0 Å². The monoisotopic (exact) mass is 298 g/mol. The maximum absolute atomic E-state index is 11.7. The molecule has 0 aromatic carbocycles. The number of nitrogens with zero attached hydrogens (tertiary/aromatic N) is 2. The van der Waals surface area contributed by atoms with Crippen molar-refractivity contribution < 1.29 is 0 Å². The minimum Gasteiger partial charge on any atom is -0.314 e. The van der Waals surface area contributed by atoms with Gasteiger partial charge in [0, 0.05) is 24.0 Å². The lowest BCUT2D eigenvalue weighted by Gasteiger charge is -2.04. The molecule has 0 bridgehead atoms. The van der Waals surface area contributed by atoms with Crippen LogP contribution < -0.4 is 5.56 Å². The first-order chi connectivity index (χ1) is 7.68. The van der Waals surface area contributed by atoms with Gasteiger partial charge in [-0.1, -0.05) is 0 Å². The first kappa shape index (κ1) is 11.5. The molecule has 0 atom stereocenters. The van der Waals surface area contributed by atoms with Gasteiger partial charge < -0.3 is 4.57 Å². The summed E-state index contributed by atoms with van der Waals surface area (Å²) in [5, 5.41) is 0. The molecule has 2 aromatic rings. The van der Waals surface area contributed by atoms with Gasteiger partial charge in [-0.2, -0.15) is 0 Å². The Labute approximate surface area is 106 Å². The van der Waals surface area contributed by atoms with Gasteiger partial charge in [-0.05, 0) is 35.0 Å². The van der Waals surface area contributed by atoms with Crippen molar-refractivity contribution in [2.45, 2.75) is 19.9 Å². The van der Waals surface area contributed by atoms with Gasteiger partial charge >= 0.3 is 0 Å². The second-order valence-corrected chi connectivity index (χ2v) is 5.26. The lowest BCUT2D eigenvalue weighted by molar-refractivity contribution is 0.669. The summed E-state index contributed by atoms with van der Waals surface area (Å²) in [4.78, 5) is 17.2. The predicted octanol–water partition coefficient (Wildman–Crippen LogP) is 2.62. The van der Waals surface area contributed by atoms with Gasteiger partial charge in [-0.25, -0.2) is 4.98 Å². The molecule has 2 rings (SSSR count). The van der Waals surface area contributed by atoms with Crippen LogP contribution in [0.15, 0.2) is 33.1 Å². The second-order valence-electron chi connectivity index (χ2n) is 3.47. The Hall–Kier alpha value is -0.940. The number of pyridine rings is 1. The number of hydrogen-bond donors (Lipinski definition) is 0. The highest BCUT2D eigenvalue weighted by molar-refractivity contribution is 9.10. The van der Waals surface area contributed by atoms with Gasteiger partial charge in [0.15, 0.2) is 0 Å². The number of hydrogen-bond acceptors (Lipinski definition) is 3. The SMILES string of the molecule is Cc1ncsc1CCn1cccc(Br)c1=O. The van der Waals surface area contributed by atoms with Crippen molar-refractivity contribution in [1.29, 1.82) is 0 Å². The first-order valence-electron chi connectivity index (χ1n) is 4.92. The van der Waals surface area contributed by atoms with E-state index >= 15 is 0 Å². The molecule has 0 amide bonds. The summed E-state index contributed by atoms with van der Waals surface area (Å²) in [6.45, 7) is 2.69. The van der Waals surface area contributed by atoms with Crippen LogP contribution in [0.2, 0.25) is 0 Å². The molecule has 0 saturated heterocycles.